The van der Waals surface area contributed by atoms with Gasteiger partial charge in [-0.15, -0.1) is 11.3 Å². The number of nitrogens with zero attached hydrogens (tertiary/aromatic N) is 1. The second kappa shape index (κ2) is 5.05. The van der Waals surface area contributed by atoms with Crippen molar-refractivity contribution in [1.82, 2.24) is 5.32 Å². The minimum absolute atomic E-state index is 0.147. The quantitative estimate of drug-likeness (QED) is 0.881. The first-order chi connectivity index (χ1) is 9.22. The third-order valence-corrected chi connectivity index (χ3v) is 4.41. The Morgan fingerprint density at radius 2 is 2.05 bits per heavy atom. The van der Waals surface area contributed by atoms with Crippen LogP contribution in [0.25, 0.3) is 0 Å². The van der Waals surface area contributed by atoms with Crippen LogP contribution in [0, 0.1) is 6.92 Å². The molecule has 98 valence electrons. The molecule has 0 fully saturated rings. The molecule has 19 heavy (non-hydrogen) atoms. The standard InChI is InChI=1S/C15H17N3S/c1-10-4-6-11(7-5-10)12-9-13(18-15(16)17-12)14-3-2-8-19-14/h2-8,12-13H,9H2,1H3,(H3,16,17,18). The predicted molar refractivity (Wildman–Crippen MR) is 80.4 cm³/mol. The van der Waals surface area contributed by atoms with E-state index in [1.165, 1.54) is 16.0 Å². The molecule has 1 aromatic carbocycles. The molecular formula is C15H17N3S. The van der Waals surface area contributed by atoms with Crippen LogP contribution in [0.5, 0.6) is 0 Å². The minimum atomic E-state index is 0.147. The molecule has 0 saturated heterocycles. The van der Waals surface area contributed by atoms with E-state index in [-0.39, 0.29) is 12.1 Å². The summed E-state index contributed by atoms with van der Waals surface area (Å²) in [5.41, 5.74) is 8.43. The van der Waals surface area contributed by atoms with E-state index in [9.17, 15) is 0 Å². The Morgan fingerprint density at radius 1 is 1.26 bits per heavy atom. The lowest BCUT2D eigenvalue weighted by Crippen LogP contribution is -2.39. The Morgan fingerprint density at radius 3 is 2.74 bits per heavy atom. The Bertz CT molecular complexity index is 572. The Kier molecular flexibility index (Phi) is 3.25. The SMILES string of the molecule is Cc1ccc(C2CC(c3cccs3)NC(N)=N2)cc1. The van der Waals surface area contributed by atoms with Crippen LogP contribution in [0.1, 0.15) is 34.5 Å². The average molecular weight is 271 g/mol. The summed E-state index contributed by atoms with van der Waals surface area (Å²) in [6.45, 7) is 2.10. The highest BCUT2D eigenvalue weighted by Crippen LogP contribution is 2.33. The van der Waals surface area contributed by atoms with E-state index < -0.39 is 0 Å². The third-order valence-electron chi connectivity index (χ3n) is 3.42. The summed E-state index contributed by atoms with van der Waals surface area (Å²) in [5.74, 6) is 0.537. The van der Waals surface area contributed by atoms with Crippen LogP contribution in [0.15, 0.2) is 46.8 Å². The molecule has 3 nitrogen and oxygen atoms in total. The molecule has 0 bridgehead atoms. The topological polar surface area (TPSA) is 50.4 Å². The zero-order valence-electron chi connectivity index (χ0n) is 10.8. The molecule has 3 rings (SSSR count). The molecule has 0 spiro atoms. The maximum absolute atomic E-state index is 5.93. The van der Waals surface area contributed by atoms with Crippen LogP contribution in [0.4, 0.5) is 0 Å². The van der Waals surface area contributed by atoms with Gasteiger partial charge >= 0.3 is 0 Å². The number of benzene rings is 1. The summed E-state index contributed by atoms with van der Waals surface area (Å²) >= 11 is 1.76. The van der Waals surface area contributed by atoms with Gasteiger partial charge in [-0.1, -0.05) is 35.9 Å². The smallest absolute Gasteiger partial charge is 0.189 e. The first-order valence-electron chi connectivity index (χ1n) is 6.42. The van der Waals surface area contributed by atoms with Crippen molar-refractivity contribution >= 4 is 17.3 Å². The van der Waals surface area contributed by atoms with E-state index in [1.807, 2.05) is 0 Å². The molecule has 3 N–H and O–H groups in total. The molecular weight excluding hydrogens is 254 g/mol. The van der Waals surface area contributed by atoms with Crippen molar-refractivity contribution in [1.29, 1.82) is 0 Å². The number of nitrogens with two attached hydrogens (primary N) is 1. The van der Waals surface area contributed by atoms with Crippen molar-refractivity contribution in [2.75, 3.05) is 0 Å². The number of guanidine groups is 1. The van der Waals surface area contributed by atoms with Gasteiger partial charge in [0.15, 0.2) is 5.96 Å². The molecule has 2 heterocycles. The van der Waals surface area contributed by atoms with Crippen molar-refractivity contribution in [3.05, 3.63) is 57.8 Å². The van der Waals surface area contributed by atoms with Crippen LogP contribution >= 0.6 is 11.3 Å². The molecule has 0 aliphatic carbocycles. The zero-order valence-corrected chi connectivity index (χ0v) is 11.7. The van der Waals surface area contributed by atoms with Crippen molar-refractivity contribution in [2.45, 2.75) is 25.4 Å². The molecule has 1 aromatic heterocycles. The highest BCUT2D eigenvalue weighted by Gasteiger charge is 2.24. The van der Waals surface area contributed by atoms with Gasteiger partial charge in [0.1, 0.15) is 0 Å². The Balaban J connectivity index is 1.86. The molecule has 1 aliphatic rings. The maximum atomic E-state index is 5.93. The lowest BCUT2D eigenvalue weighted by atomic mass is 9.97. The van der Waals surface area contributed by atoms with Gasteiger partial charge in [0, 0.05) is 4.88 Å². The predicted octanol–water partition coefficient (Wildman–Crippen LogP) is 3.15. The molecule has 4 heteroatoms. The van der Waals surface area contributed by atoms with E-state index in [0.29, 0.717) is 5.96 Å². The van der Waals surface area contributed by atoms with Crippen LogP contribution in [0.3, 0.4) is 0 Å². The fraction of sp³-hybridized carbons (Fsp3) is 0.267. The average Bonchev–Trinajstić information content (AvgIpc) is 2.93. The fourth-order valence-corrected chi connectivity index (χ4v) is 3.19. The number of nitrogens with one attached hydrogen (secondary N) is 1. The number of thiophene rings is 1. The first kappa shape index (κ1) is 12.2. The Labute approximate surface area is 117 Å². The molecule has 2 atom stereocenters. The zero-order chi connectivity index (χ0) is 13.2. The number of aryl methyl sites for hydroxylation is 1. The summed E-state index contributed by atoms with van der Waals surface area (Å²) in [7, 11) is 0. The van der Waals surface area contributed by atoms with Crippen molar-refractivity contribution in [3.8, 4) is 0 Å². The summed E-state index contributed by atoms with van der Waals surface area (Å²) in [6, 6.07) is 13.2. The van der Waals surface area contributed by atoms with E-state index >= 15 is 0 Å². The number of rotatable bonds is 2. The summed E-state index contributed by atoms with van der Waals surface area (Å²) in [4.78, 5) is 5.84. The van der Waals surface area contributed by atoms with Gasteiger partial charge in [-0.2, -0.15) is 0 Å². The van der Waals surface area contributed by atoms with Gasteiger partial charge in [0.2, 0.25) is 0 Å². The maximum Gasteiger partial charge on any atom is 0.189 e. The number of aliphatic imine (C=N–C) groups is 1. The lowest BCUT2D eigenvalue weighted by molar-refractivity contribution is 0.493. The van der Waals surface area contributed by atoms with Crippen LogP contribution in [0.2, 0.25) is 0 Å². The summed E-state index contributed by atoms with van der Waals surface area (Å²) < 4.78 is 0. The van der Waals surface area contributed by atoms with Crippen molar-refractivity contribution in [2.24, 2.45) is 10.7 Å². The molecule has 0 radical (unpaired) electrons. The molecule has 1 aliphatic heterocycles. The van der Waals surface area contributed by atoms with Gasteiger partial charge < -0.3 is 11.1 Å². The largest absolute Gasteiger partial charge is 0.370 e. The second-order valence-electron chi connectivity index (χ2n) is 4.89. The minimum Gasteiger partial charge on any atom is -0.370 e. The van der Waals surface area contributed by atoms with Crippen molar-refractivity contribution in [3.63, 3.8) is 0 Å². The lowest BCUT2D eigenvalue weighted by Gasteiger charge is -2.27. The van der Waals surface area contributed by atoms with Gasteiger partial charge in [0.25, 0.3) is 0 Å². The second-order valence-corrected chi connectivity index (χ2v) is 5.87. The van der Waals surface area contributed by atoms with Crippen LogP contribution in [-0.4, -0.2) is 5.96 Å². The fourth-order valence-electron chi connectivity index (χ4n) is 2.39. The van der Waals surface area contributed by atoms with Crippen molar-refractivity contribution < 1.29 is 0 Å². The van der Waals surface area contributed by atoms with Gasteiger partial charge in [-0.25, -0.2) is 4.99 Å². The van der Waals surface area contributed by atoms with Crippen LogP contribution < -0.4 is 11.1 Å². The molecule has 2 unspecified atom stereocenters. The van der Waals surface area contributed by atoms with Gasteiger partial charge in [-0.3, -0.25) is 0 Å². The van der Waals surface area contributed by atoms with Gasteiger partial charge in [-0.05, 0) is 30.4 Å². The number of hydrogen-bond donors (Lipinski definition) is 2. The van der Waals surface area contributed by atoms with E-state index in [4.69, 9.17) is 5.73 Å². The van der Waals surface area contributed by atoms with E-state index in [0.717, 1.165) is 6.42 Å². The highest BCUT2D eigenvalue weighted by molar-refractivity contribution is 7.10. The first-order valence-corrected chi connectivity index (χ1v) is 7.30. The summed E-state index contributed by atoms with van der Waals surface area (Å²) in [6.07, 6.45) is 0.949. The van der Waals surface area contributed by atoms with E-state index in [1.54, 1.807) is 11.3 Å². The van der Waals surface area contributed by atoms with Gasteiger partial charge in [0.05, 0.1) is 12.1 Å². The van der Waals surface area contributed by atoms with Crippen LogP contribution in [-0.2, 0) is 0 Å². The monoisotopic (exact) mass is 271 g/mol. The summed E-state index contributed by atoms with van der Waals surface area (Å²) in [5, 5.41) is 5.37. The molecule has 2 aromatic rings. The molecule has 0 amide bonds. The normalized spacial score (nSPS) is 22.7. The highest BCUT2D eigenvalue weighted by atomic mass is 32.1. The third kappa shape index (κ3) is 2.63. The number of hydrogen-bond acceptors (Lipinski definition) is 4. The molecule has 0 saturated carbocycles. The van der Waals surface area contributed by atoms with E-state index in [2.05, 4.69) is 59.0 Å². The Hall–Kier alpha value is -1.81.